The Morgan fingerprint density at radius 1 is 1.28 bits per heavy atom. The third-order valence-electron chi connectivity index (χ3n) is 3.37. The quantitative estimate of drug-likeness (QED) is 0.772. The van der Waals surface area contributed by atoms with Crippen molar-refractivity contribution in [3.63, 3.8) is 0 Å². The number of benzene rings is 1. The van der Waals surface area contributed by atoms with Gasteiger partial charge in [-0.15, -0.1) is 10.2 Å². The van der Waals surface area contributed by atoms with E-state index in [4.69, 9.17) is 0 Å². The van der Waals surface area contributed by atoms with Crippen LogP contribution in [0.15, 0.2) is 29.4 Å². The number of rotatable bonds is 2. The molecule has 0 spiro atoms. The molecule has 0 fully saturated rings. The van der Waals surface area contributed by atoms with Crippen molar-refractivity contribution in [1.82, 2.24) is 14.8 Å². The summed E-state index contributed by atoms with van der Waals surface area (Å²) in [5, 5.41) is 9.58. The molecule has 3 nitrogen and oxygen atoms in total. The lowest BCUT2D eigenvalue weighted by molar-refractivity contribution is 0.701. The van der Waals surface area contributed by atoms with Gasteiger partial charge >= 0.3 is 0 Å². The van der Waals surface area contributed by atoms with Crippen molar-refractivity contribution in [1.29, 1.82) is 0 Å². The Hall–Kier alpha value is -1.55. The van der Waals surface area contributed by atoms with Crippen LogP contribution in [0.4, 0.5) is 0 Å². The predicted molar refractivity (Wildman–Crippen MR) is 75.6 cm³/mol. The summed E-state index contributed by atoms with van der Waals surface area (Å²) in [5.74, 6) is 1.37. The van der Waals surface area contributed by atoms with E-state index in [0.29, 0.717) is 5.92 Å². The second kappa shape index (κ2) is 4.61. The van der Waals surface area contributed by atoms with E-state index >= 15 is 0 Å². The number of nitrogens with zero attached hydrogens (tertiary/aromatic N) is 3. The summed E-state index contributed by atoms with van der Waals surface area (Å²) < 4.78 is 2.11. The molecule has 1 unspecified atom stereocenters. The Morgan fingerprint density at radius 2 is 2.11 bits per heavy atom. The highest BCUT2D eigenvalue weighted by Gasteiger charge is 2.23. The van der Waals surface area contributed by atoms with Gasteiger partial charge in [-0.25, -0.2) is 0 Å². The topological polar surface area (TPSA) is 30.7 Å². The smallest absolute Gasteiger partial charge is 0.195 e. The van der Waals surface area contributed by atoms with E-state index in [1.165, 1.54) is 11.1 Å². The second-order valence-corrected chi connectivity index (χ2v) is 5.09. The molecule has 0 bridgehead atoms. The van der Waals surface area contributed by atoms with Crippen molar-refractivity contribution in [2.75, 3.05) is 6.26 Å². The molecule has 1 aliphatic heterocycles. The first-order valence-electron chi connectivity index (χ1n) is 6.11. The molecule has 0 amide bonds. The minimum atomic E-state index is 0.324. The van der Waals surface area contributed by atoms with Gasteiger partial charge in [-0.1, -0.05) is 43.0 Å². The SMILES string of the molecule is CCC1c2ccccc2C=Cn2c(SC)nnc21. The summed E-state index contributed by atoms with van der Waals surface area (Å²) in [6.07, 6.45) is 7.29. The molecular formula is C14H15N3S. The molecular weight excluding hydrogens is 242 g/mol. The molecule has 2 heterocycles. The van der Waals surface area contributed by atoms with Crippen LogP contribution in [-0.2, 0) is 0 Å². The maximum absolute atomic E-state index is 4.38. The van der Waals surface area contributed by atoms with Crippen LogP contribution in [0.5, 0.6) is 0 Å². The zero-order chi connectivity index (χ0) is 12.5. The third kappa shape index (κ3) is 1.68. The monoisotopic (exact) mass is 257 g/mol. The lowest BCUT2D eigenvalue weighted by Gasteiger charge is -2.14. The molecule has 0 aliphatic carbocycles. The first kappa shape index (κ1) is 11.5. The summed E-state index contributed by atoms with van der Waals surface area (Å²) in [6.45, 7) is 2.20. The van der Waals surface area contributed by atoms with E-state index in [-0.39, 0.29) is 0 Å². The fourth-order valence-corrected chi connectivity index (χ4v) is 2.96. The van der Waals surface area contributed by atoms with E-state index in [1.807, 2.05) is 6.26 Å². The molecule has 0 N–H and O–H groups in total. The summed E-state index contributed by atoms with van der Waals surface area (Å²) in [6, 6.07) is 8.53. The molecule has 3 rings (SSSR count). The lowest BCUT2D eigenvalue weighted by atomic mass is 9.92. The van der Waals surface area contributed by atoms with Gasteiger partial charge in [0.2, 0.25) is 0 Å². The van der Waals surface area contributed by atoms with Crippen LogP contribution < -0.4 is 0 Å². The van der Waals surface area contributed by atoms with Gasteiger partial charge in [0.05, 0.1) is 0 Å². The first-order chi connectivity index (χ1) is 8.85. The van der Waals surface area contributed by atoms with E-state index in [0.717, 1.165) is 17.4 Å². The zero-order valence-corrected chi connectivity index (χ0v) is 11.3. The summed E-state index contributed by atoms with van der Waals surface area (Å²) >= 11 is 1.63. The van der Waals surface area contributed by atoms with Crippen LogP contribution in [-0.4, -0.2) is 21.0 Å². The Bertz CT molecular complexity index is 601. The first-order valence-corrected chi connectivity index (χ1v) is 7.33. The van der Waals surface area contributed by atoms with Crippen LogP contribution in [0.25, 0.3) is 12.3 Å². The van der Waals surface area contributed by atoms with Crippen molar-refractivity contribution < 1.29 is 0 Å². The van der Waals surface area contributed by atoms with Gasteiger partial charge in [0.15, 0.2) is 5.16 Å². The molecule has 18 heavy (non-hydrogen) atoms. The molecule has 1 aliphatic rings. The zero-order valence-electron chi connectivity index (χ0n) is 10.5. The highest BCUT2D eigenvalue weighted by atomic mass is 32.2. The van der Waals surface area contributed by atoms with Gasteiger partial charge < -0.3 is 0 Å². The molecule has 1 aromatic carbocycles. The molecule has 0 radical (unpaired) electrons. The molecule has 1 atom stereocenters. The second-order valence-electron chi connectivity index (χ2n) is 4.32. The summed E-state index contributed by atoms with van der Waals surface area (Å²) in [7, 11) is 0. The minimum absolute atomic E-state index is 0.324. The van der Waals surface area contributed by atoms with Crippen LogP contribution in [0, 0.1) is 0 Å². The Labute approximate surface area is 111 Å². The molecule has 0 saturated carbocycles. The molecule has 0 saturated heterocycles. The van der Waals surface area contributed by atoms with Crippen LogP contribution in [0.2, 0.25) is 0 Å². The van der Waals surface area contributed by atoms with Crippen molar-refractivity contribution >= 4 is 24.0 Å². The minimum Gasteiger partial charge on any atom is -0.280 e. The average Bonchev–Trinajstić information content (AvgIpc) is 2.74. The van der Waals surface area contributed by atoms with Crippen LogP contribution in [0.1, 0.15) is 36.2 Å². The predicted octanol–water partition coefficient (Wildman–Crippen LogP) is 3.48. The van der Waals surface area contributed by atoms with Gasteiger partial charge in [0.1, 0.15) is 5.82 Å². The Morgan fingerprint density at radius 3 is 2.89 bits per heavy atom. The Balaban J connectivity index is 2.22. The van der Waals surface area contributed by atoms with Gasteiger partial charge in [-0.3, -0.25) is 4.57 Å². The number of hydrogen-bond donors (Lipinski definition) is 0. The standard InChI is InChI=1S/C14H15N3S/c1-3-11-12-7-5-4-6-10(12)8-9-17-13(11)15-16-14(17)18-2/h4-9,11H,3H2,1-2H3. The third-order valence-corrected chi connectivity index (χ3v) is 4.01. The number of fused-ring (bicyclic) bond motifs is 2. The fraction of sp³-hybridized carbons (Fsp3) is 0.286. The number of hydrogen-bond acceptors (Lipinski definition) is 3. The highest BCUT2D eigenvalue weighted by Crippen LogP contribution is 2.34. The van der Waals surface area contributed by atoms with E-state index in [1.54, 1.807) is 11.8 Å². The van der Waals surface area contributed by atoms with Gasteiger partial charge in [-0.05, 0) is 29.9 Å². The van der Waals surface area contributed by atoms with Crippen molar-refractivity contribution in [2.45, 2.75) is 24.4 Å². The van der Waals surface area contributed by atoms with Gasteiger partial charge in [-0.2, -0.15) is 0 Å². The summed E-state index contributed by atoms with van der Waals surface area (Å²) in [5.41, 5.74) is 2.62. The lowest BCUT2D eigenvalue weighted by Crippen LogP contribution is -2.06. The largest absolute Gasteiger partial charge is 0.280 e. The van der Waals surface area contributed by atoms with Crippen molar-refractivity contribution in [2.24, 2.45) is 0 Å². The van der Waals surface area contributed by atoms with Gasteiger partial charge in [0, 0.05) is 12.1 Å². The van der Waals surface area contributed by atoms with Crippen LogP contribution >= 0.6 is 11.8 Å². The normalized spacial score (nSPS) is 17.1. The Kier molecular flexibility index (Phi) is 2.96. The average molecular weight is 257 g/mol. The van der Waals surface area contributed by atoms with E-state index in [2.05, 4.69) is 58.2 Å². The van der Waals surface area contributed by atoms with Crippen molar-refractivity contribution in [3.8, 4) is 0 Å². The van der Waals surface area contributed by atoms with Crippen molar-refractivity contribution in [3.05, 3.63) is 41.2 Å². The number of thioether (sulfide) groups is 1. The maximum Gasteiger partial charge on any atom is 0.195 e. The maximum atomic E-state index is 4.38. The molecule has 1 aromatic heterocycles. The van der Waals surface area contributed by atoms with E-state index < -0.39 is 0 Å². The highest BCUT2D eigenvalue weighted by molar-refractivity contribution is 7.98. The van der Waals surface area contributed by atoms with E-state index in [9.17, 15) is 0 Å². The number of aromatic nitrogens is 3. The molecule has 2 aromatic rings. The van der Waals surface area contributed by atoms with Crippen LogP contribution in [0.3, 0.4) is 0 Å². The fourth-order valence-electron chi connectivity index (χ4n) is 2.48. The molecule has 4 heteroatoms. The summed E-state index contributed by atoms with van der Waals surface area (Å²) in [4.78, 5) is 0. The molecule has 92 valence electrons. The van der Waals surface area contributed by atoms with Gasteiger partial charge in [0.25, 0.3) is 0 Å².